The van der Waals surface area contributed by atoms with E-state index in [0.29, 0.717) is 18.6 Å². The van der Waals surface area contributed by atoms with Crippen LogP contribution in [0.1, 0.15) is 35.3 Å². The Morgan fingerprint density at radius 2 is 1.68 bits per heavy atom. The molecule has 0 spiro atoms. The Labute approximate surface area is 165 Å². The van der Waals surface area contributed by atoms with Gasteiger partial charge in [-0.3, -0.25) is 0 Å². The molecule has 0 radical (unpaired) electrons. The lowest BCUT2D eigenvalue weighted by atomic mass is 9.89. The quantitative estimate of drug-likeness (QED) is 0.599. The van der Waals surface area contributed by atoms with Crippen LogP contribution in [0.5, 0.6) is 5.75 Å². The van der Waals surface area contributed by atoms with Gasteiger partial charge in [0, 0.05) is 0 Å². The van der Waals surface area contributed by atoms with Crippen molar-refractivity contribution in [3.63, 3.8) is 0 Å². The summed E-state index contributed by atoms with van der Waals surface area (Å²) in [5, 5.41) is 39.8. The molecule has 1 heterocycles. The molecule has 152 valence electrons. The molecule has 0 amide bonds. The van der Waals surface area contributed by atoms with Crippen LogP contribution in [0.25, 0.3) is 0 Å². The number of aryl methyl sites for hydroxylation is 1. The van der Waals surface area contributed by atoms with Crippen molar-refractivity contribution in [2.45, 2.75) is 50.8 Å². The molecule has 3 rings (SSSR count). The monoisotopic (exact) mass is 388 g/mol. The van der Waals surface area contributed by atoms with Gasteiger partial charge in [-0.15, -0.1) is 0 Å². The second kappa shape index (κ2) is 9.03. The summed E-state index contributed by atoms with van der Waals surface area (Å²) in [6.45, 7) is 4.15. The van der Waals surface area contributed by atoms with E-state index in [1.165, 1.54) is 0 Å². The first-order valence-corrected chi connectivity index (χ1v) is 9.56. The first-order chi connectivity index (χ1) is 13.4. The molecular weight excluding hydrogens is 360 g/mol. The van der Waals surface area contributed by atoms with Gasteiger partial charge in [0.1, 0.15) is 36.3 Å². The first-order valence-electron chi connectivity index (χ1n) is 9.56. The van der Waals surface area contributed by atoms with Crippen molar-refractivity contribution >= 4 is 0 Å². The summed E-state index contributed by atoms with van der Waals surface area (Å²) in [6.07, 6.45) is -5.06. The third-order valence-corrected chi connectivity index (χ3v) is 5.22. The molecule has 0 bridgehead atoms. The number of rotatable bonds is 6. The molecule has 4 N–H and O–H groups in total. The van der Waals surface area contributed by atoms with Crippen molar-refractivity contribution in [1.29, 1.82) is 0 Å². The molecular formula is C22H28O6. The zero-order valence-electron chi connectivity index (χ0n) is 16.2. The summed E-state index contributed by atoms with van der Waals surface area (Å²) in [6, 6.07) is 13.6. The van der Waals surface area contributed by atoms with Crippen molar-refractivity contribution < 1.29 is 29.9 Å². The van der Waals surface area contributed by atoms with Crippen LogP contribution in [0.2, 0.25) is 0 Å². The molecule has 6 nitrogen and oxygen atoms in total. The SMILES string of the molecule is CCOc1ccc(Cc2cc([C@@H]3O[C@H](CO)[C@@H](O)[C@H](O)[C@H]3O)ccc2C)cc1. The Kier molecular flexibility index (Phi) is 6.69. The second-order valence-corrected chi connectivity index (χ2v) is 7.19. The van der Waals surface area contributed by atoms with Crippen LogP contribution >= 0.6 is 0 Å². The van der Waals surface area contributed by atoms with Gasteiger partial charge in [-0.1, -0.05) is 30.3 Å². The van der Waals surface area contributed by atoms with E-state index in [-0.39, 0.29) is 0 Å². The Morgan fingerprint density at radius 3 is 2.32 bits per heavy atom. The Balaban J connectivity index is 1.82. The number of aliphatic hydroxyl groups is 4. The van der Waals surface area contributed by atoms with Gasteiger partial charge >= 0.3 is 0 Å². The average Bonchev–Trinajstić information content (AvgIpc) is 2.70. The van der Waals surface area contributed by atoms with Crippen molar-refractivity contribution in [2.24, 2.45) is 0 Å². The maximum atomic E-state index is 10.4. The van der Waals surface area contributed by atoms with Crippen molar-refractivity contribution in [2.75, 3.05) is 13.2 Å². The van der Waals surface area contributed by atoms with Crippen molar-refractivity contribution in [3.8, 4) is 5.75 Å². The summed E-state index contributed by atoms with van der Waals surface area (Å²) < 4.78 is 11.2. The van der Waals surface area contributed by atoms with Gasteiger partial charge < -0.3 is 29.9 Å². The molecule has 1 fully saturated rings. The van der Waals surface area contributed by atoms with Crippen LogP contribution < -0.4 is 4.74 Å². The highest BCUT2D eigenvalue weighted by Gasteiger charge is 2.43. The maximum Gasteiger partial charge on any atom is 0.119 e. The molecule has 1 aliphatic rings. The van der Waals surface area contributed by atoms with Crippen molar-refractivity contribution in [1.82, 2.24) is 0 Å². The molecule has 5 atom stereocenters. The summed E-state index contributed by atoms with van der Waals surface area (Å²) in [5.74, 6) is 0.832. The lowest BCUT2D eigenvalue weighted by Gasteiger charge is -2.40. The van der Waals surface area contributed by atoms with Gasteiger partial charge in [0.15, 0.2) is 0 Å². The summed E-state index contributed by atoms with van der Waals surface area (Å²) >= 11 is 0. The topological polar surface area (TPSA) is 99.4 Å². The molecule has 1 saturated heterocycles. The van der Waals surface area contributed by atoms with Crippen LogP contribution in [0, 0.1) is 6.92 Å². The fourth-order valence-electron chi connectivity index (χ4n) is 3.53. The van der Waals surface area contributed by atoms with E-state index in [0.717, 1.165) is 22.4 Å². The third-order valence-electron chi connectivity index (χ3n) is 5.22. The minimum atomic E-state index is -1.38. The molecule has 0 unspecified atom stereocenters. The Hall–Kier alpha value is -1.96. The zero-order chi connectivity index (χ0) is 20.3. The maximum absolute atomic E-state index is 10.4. The normalized spacial score (nSPS) is 27.6. The molecule has 1 aliphatic heterocycles. The second-order valence-electron chi connectivity index (χ2n) is 7.19. The highest BCUT2D eigenvalue weighted by atomic mass is 16.5. The van der Waals surface area contributed by atoms with Gasteiger partial charge in [-0.2, -0.15) is 0 Å². The number of hydrogen-bond donors (Lipinski definition) is 4. The lowest BCUT2D eigenvalue weighted by Crippen LogP contribution is -2.55. The highest BCUT2D eigenvalue weighted by Crippen LogP contribution is 2.33. The fraction of sp³-hybridized carbons (Fsp3) is 0.455. The van der Waals surface area contributed by atoms with E-state index in [4.69, 9.17) is 9.47 Å². The molecule has 2 aromatic rings. The third kappa shape index (κ3) is 4.37. The fourth-order valence-corrected chi connectivity index (χ4v) is 3.53. The molecule has 28 heavy (non-hydrogen) atoms. The van der Waals surface area contributed by atoms with E-state index in [1.807, 2.05) is 56.3 Å². The number of aliphatic hydroxyl groups excluding tert-OH is 4. The molecule has 0 saturated carbocycles. The predicted molar refractivity (Wildman–Crippen MR) is 104 cm³/mol. The molecule has 0 aromatic heterocycles. The van der Waals surface area contributed by atoms with E-state index >= 15 is 0 Å². The van der Waals surface area contributed by atoms with Crippen LogP contribution in [-0.4, -0.2) is 58.1 Å². The summed E-state index contributed by atoms with van der Waals surface area (Å²) in [7, 11) is 0. The molecule has 0 aliphatic carbocycles. The van der Waals surface area contributed by atoms with E-state index in [9.17, 15) is 20.4 Å². The van der Waals surface area contributed by atoms with Gasteiger partial charge in [0.2, 0.25) is 0 Å². The summed E-state index contributed by atoms with van der Waals surface area (Å²) in [4.78, 5) is 0. The van der Waals surface area contributed by atoms with Crippen molar-refractivity contribution in [3.05, 3.63) is 64.7 Å². The molecule has 2 aromatic carbocycles. The van der Waals surface area contributed by atoms with Gasteiger partial charge in [0.05, 0.1) is 13.2 Å². The van der Waals surface area contributed by atoms with E-state index < -0.39 is 37.1 Å². The number of benzene rings is 2. The zero-order valence-corrected chi connectivity index (χ0v) is 16.2. The summed E-state index contributed by atoms with van der Waals surface area (Å²) in [5.41, 5.74) is 3.99. The van der Waals surface area contributed by atoms with Crippen LogP contribution in [0.4, 0.5) is 0 Å². The smallest absolute Gasteiger partial charge is 0.119 e. The Morgan fingerprint density at radius 1 is 0.964 bits per heavy atom. The van der Waals surface area contributed by atoms with E-state index in [1.54, 1.807) is 0 Å². The first kappa shape index (κ1) is 20.8. The standard InChI is InChI=1S/C22H28O6/c1-3-27-17-8-5-14(6-9-17)10-16-11-15(7-4-13(16)2)22-21(26)20(25)19(24)18(12-23)28-22/h4-9,11,18-26H,3,10,12H2,1-2H3/t18-,19-,20+,21-,22+/m1/s1. The van der Waals surface area contributed by atoms with Crippen LogP contribution in [0.3, 0.4) is 0 Å². The lowest BCUT2D eigenvalue weighted by molar-refractivity contribution is -0.231. The number of ether oxygens (including phenoxy) is 2. The minimum absolute atomic E-state index is 0.438. The minimum Gasteiger partial charge on any atom is -0.494 e. The predicted octanol–water partition coefficient (Wildman–Crippen LogP) is 1.50. The van der Waals surface area contributed by atoms with Gasteiger partial charge in [-0.05, 0) is 54.7 Å². The molecule has 6 heteroatoms. The Bertz CT molecular complexity index is 773. The van der Waals surface area contributed by atoms with Gasteiger partial charge in [0.25, 0.3) is 0 Å². The van der Waals surface area contributed by atoms with E-state index in [2.05, 4.69) is 0 Å². The van der Waals surface area contributed by atoms with Crippen LogP contribution in [-0.2, 0) is 11.2 Å². The average molecular weight is 388 g/mol. The largest absolute Gasteiger partial charge is 0.494 e. The van der Waals surface area contributed by atoms with Gasteiger partial charge in [-0.25, -0.2) is 0 Å². The number of hydrogen-bond acceptors (Lipinski definition) is 6. The van der Waals surface area contributed by atoms with Crippen LogP contribution in [0.15, 0.2) is 42.5 Å². The highest BCUT2D eigenvalue weighted by molar-refractivity contribution is 5.38.